The first kappa shape index (κ1) is 48.9. The highest BCUT2D eigenvalue weighted by atomic mass is 35.5. The number of aromatic amines is 1. The number of aromatic nitrogens is 3. The summed E-state index contributed by atoms with van der Waals surface area (Å²) in [6.07, 6.45) is 17.4. The van der Waals surface area contributed by atoms with Gasteiger partial charge in [0.05, 0.1) is 30.2 Å². The van der Waals surface area contributed by atoms with Crippen molar-refractivity contribution in [1.82, 2.24) is 34.6 Å². The molecule has 0 radical (unpaired) electrons. The van der Waals surface area contributed by atoms with E-state index >= 15 is 0 Å². The lowest BCUT2D eigenvalue weighted by Gasteiger charge is -2.39. The van der Waals surface area contributed by atoms with E-state index in [0.717, 1.165) is 164 Å². The largest absolute Gasteiger partial charge is 0.598 e. The summed E-state index contributed by atoms with van der Waals surface area (Å²) in [7, 11) is 0. The number of halogens is 1. The summed E-state index contributed by atoms with van der Waals surface area (Å²) >= 11 is 6.38. The number of carbonyl (C=O) groups excluding carboxylic acids is 3. The van der Waals surface area contributed by atoms with Crippen LogP contribution in [0.2, 0.25) is 5.02 Å². The molecule has 3 N–H and O–H groups in total. The van der Waals surface area contributed by atoms with Gasteiger partial charge in [0.2, 0.25) is 17.5 Å². The lowest BCUT2D eigenvalue weighted by atomic mass is 9.83. The molecule has 3 aromatic rings. The van der Waals surface area contributed by atoms with E-state index < -0.39 is 5.60 Å². The second-order valence-corrected chi connectivity index (χ2v) is 22.0. The molecular formula is C52H76ClN10O5+. The van der Waals surface area contributed by atoms with Crippen molar-refractivity contribution in [3.05, 3.63) is 53.4 Å². The number of anilines is 1. The Labute approximate surface area is 408 Å². The number of piperazine rings is 1. The van der Waals surface area contributed by atoms with E-state index in [0.29, 0.717) is 12.5 Å². The Morgan fingerprint density at radius 2 is 1.50 bits per heavy atom. The third-order valence-electron chi connectivity index (χ3n) is 16.0. The number of ether oxygens (including phenoxy) is 2. The summed E-state index contributed by atoms with van der Waals surface area (Å²) < 4.78 is 14.5. The second kappa shape index (κ2) is 21.5. The Kier molecular flexibility index (Phi) is 15.4. The number of hydrogen-bond acceptors (Lipinski definition) is 11. The van der Waals surface area contributed by atoms with E-state index in [2.05, 4.69) is 46.7 Å². The van der Waals surface area contributed by atoms with E-state index in [9.17, 15) is 14.4 Å². The van der Waals surface area contributed by atoms with Crippen molar-refractivity contribution in [2.75, 3.05) is 83.4 Å². The average Bonchev–Trinajstić information content (AvgIpc) is 3.66. The van der Waals surface area contributed by atoms with Gasteiger partial charge in [-0.25, -0.2) is 9.97 Å². The Hall–Kier alpha value is -4.15. The van der Waals surface area contributed by atoms with Gasteiger partial charge in [0.25, 0.3) is 5.54 Å². The lowest BCUT2D eigenvalue weighted by molar-refractivity contribution is -0.434. The van der Waals surface area contributed by atoms with E-state index in [1.54, 1.807) is 6.33 Å². The predicted molar refractivity (Wildman–Crippen MR) is 265 cm³/mol. The number of nitrogens with zero attached hydrogens (tertiary/aromatic N) is 8. The highest BCUT2D eigenvalue weighted by molar-refractivity contribution is 6.30. The fourth-order valence-corrected chi connectivity index (χ4v) is 12.1. The van der Waals surface area contributed by atoms with Gasteiger partial charge in [-0.2, -0.15) is 4.79 Å². The van der Waals surface area contributed by atoms with Crippen LogP contribution in [0.15, 0.2) is 42.9 Å². The zero-order chi connectivity index (χ0) is 47.4. The SMILES string of the molecule is CC(C)(C)OC(=O)[N+]1=C(CC[C@@H](CCN2CCN(C(=O)CN3CCC(OC4CCN(C(=O)[C@H](N)C5CCCCC5)CC4)CC3)CC2)c2ccc(Cl)cc2)C12CCN(c1ncnc3[nH]ccc13)CC2. The van der Waals surface area contributed by atoms with Gasteiger partial charge in [-0.15, -0.1) is 4.58 Å². The summed E-state index contributed by atoms with van der Waals surface area (Å²) in [6, 6.07) is 9.95. The number of amides is 3. The highest BCUT2D eigenvalue weighted by Gasteiger charge is 2.70. The number of nitrogens with one attached hydrogen (secondary N) is 1. The van der Waals surface area contributed by atoms with Crippen LogP contribution < -0.4 is 10.6 Å². The van der Waals surface area contributed by atoms with Crippen LogP contribution in [0.5, 0.6) is 0 Å². The van der Waals surface area contributed by atoms with Crippen molar-refractivity contribution in [1.29, 1.82) is 0 Å². The van der Waals surface area contributed by atoms with Crippen LogP contribution in [-0.2, 0) is 19.1 Å². The molecule has 5 fully saturated rings. The molecule has 0 bridgehead atoms. The van der Waals surface area contributed by atoms with Crippen molar-refractivity contribution < 1.29 is 28.4 Å². The van der Waals surface area contributed by atoms with E-state index in [4.69, 9.17) is 26.8 Å². The monoisotopic (exact) mass is 956 g/mol. The van der Waals surface area contributed by atoms with E-state index in [1.807, 2.05) is 54.6 Å². The maximum atomic E-state index is 13.8. The van der Waals surface area contributed by atoms with Crippen LogP contribution in [0.1, 0.15) is 122 Å². The van der Waals surface area contributed by atoms with Crippen molar-refractivity contribution in [3.8, 4) is 0 Å². The molecule has 4 saturated heterocycles. The summed E-state index contributed by atoms with van der Waals surface area (Å²) in [4.78, 5) is 63.9. The summed E-state index contributed by atoms with van der Waals surface area (Å²) in [6.45, 7) is 15.1. The molecule has 0 unspecified atom stereocenters. The number of piperidine rings is 3. The number of likely N-dealkylation sites (tertiary alicyclic amines) is 2. The highest BCUT2D eigenvalue weighted by Crippen LogP contribution is 2.44. The number of nitrogens with two attached hydrogens (primary N) is 1. The van der Waals surface area contributed by atoms with E-state index in [1.165, 1.54) is 30.5 Å². The smallest absolute Gasteiger partial charge is 0.406 e. The standard InChI is InChI=1S/C52H76ClN10O5/c1-51(2,3)68-50(66)63-44(52(63)21-29-61(30-22-52)48-43-15-23-55-47(43)56-36-57-48)14-11-38(37-9-12-40(53)13-10-37)16-24-58-31-33-60(34-32-58)45(64)35-59-25-17-41(18-26-59)67-42-19-27-62(28-20-42)49(65)46(54)39-7-5-4-6-8-39/h9-10,12-13,15,23,36,38-39,41-42,46H,4-8,11,14,16-22,24-35,54H2,1-3H3,(H,55,56,57)/q+1/t38-,46+/m0/s1. The molecule has 9 rings (SSSR count). The average molecular weight is 957 g/mol. The molecule has 1 aliphatic carbocycles. The Balaban J connectivity index is 0.723. The minimum atomic E-state index is -0.589. The van der Waals surface area contributed by atoms with Crippen LogP contribution in [0.4, 0.5) is 10.6 Å². The van der Waals surface area contributed by atoms with Crippen LogP contribution >= 0.6 is 11.6 Å². The number of hydrogen-bond donors (Lipinski definition) is 2. The zero-order valence-corrected chi connectivity index (χ0v) is 41.6. The Bertz CT molecular complexity index is 2230. The van der Waals surface area contributed by atoms with Gasteiger partial charge in [0.15, 0.2) is 0 Å². The molecule has 68 heavy (non-hydrogen) atoms. The molecule has 1 saturated carbocycles. The minimum Gasteiger partial charge on any atom is -0.406 e. The van der Waals surface area contributed by atoms with E-state index in [-0.39, 0.29) is 47.6 Å². The van der Waals surface area contributed by atoms with Crippen LogP contribution in [0.25, 0.3) is 11.0 Å². The van der Waals surface area contributed by atoms with Crippen molar-refractivity contribution in [3.63, 3.8) is 0 Å². The maximum absolute atomic E-state index is 13.8. The molecule has 370 valence electrons. The van der Waals surface area contributed by atoms with Crippen LogP contribution in [0, 0.1) is 5.92 Å². The lowest BCUT2D eigenvalue weighted by Crippen LogP contribution is -2.52. The molecule has 1 spiro atoms. The van der Waals surface area contributed by atoms with Gasteiger partial charge in [-0.3, -0.25) is 19.4 Å². The van der Waals surface area contributed by atoms with Gasteiger partial charge < -0.3 is 34.9 Å². The first-order chi connectivity index (χ1) is 32.8. The molecule has 2 aromatic heterocycles. The number of fused-ring (bicyclic) bond motifs is 1. The number of carbonyl (C=O) groups is 3. The van der Waals surface area contributed by atoms with Gasteiger partial charge >= 0.3 is 6.09 Å². The van der Waals surface area contributed by atoms with Gasteiger partial charge in [-0.05, 0) is 114 Å². The molecule has 3 amide bonds. The van der Waals surface area contributed by atoms with Crippen molar-refractivity contribution in [2.24, 2.45) is 11.7 Å². The first-order valence-electron chi connectivity index (χ1n) is 25.9. The third-order valence-corrected chi connectivity index (χ3v) is 16.3. The molecule has 16 heteroatoms. The number of rotatable bonds is 14. The fraction of sp³-hybridized carbons (Fsp3) is 0.692. The third kappa shape index (κ3) is 11.5. The molecule has 7 heterocycles. The zero-order valence-electron chi connectivity index (χ0n) is 40.9. The summed E-state index contributed by atoms with van der Waals surface area (Å²) in [5.74, 6) is 1.89. The molecule has 5 aliphatic heterocycles. The molecule has 2 atom stereocenters. The normalized spacial score (nSPS) is 22.5. The van der Waals surface area contributed by atoms with Crippen molar-refractivity contribution in [2.45, 2.75) is 146 Å². The topological polar surface area (TPSA) is 156 Å². The minimum absolute atomic E-state index is 0.132. The van der Waals surface area contributed by atoms with Gasteiger partial charge in [0, 0.05) is 95.9 Å². The predicted octanol–water partition coefficient (Wildman–Crippen LogP) is 6.83. The van der Waals surface area contributed by atoms with Crippen molar-refractivity contribution >= 4 is 52.1 Å². The van der Waals surface area contributed by atoms with Crippen LogP contribution in [0.3, 0.4) is 0 Å². The fourth-order valence-electron chi connectivity index (χ4n) is 12.0. The quantitative estimate of drug-likeness (QED) is 0.163. The molecule has 15 nitrogen and oxygen atoms in total. The van der Waals surface area contributed by atoms with Gasteiger partial charge in [0.1, 0.15) is 23.4 Å². The number of H-pyrrole nitrogens is 1. The molecular weight excluding hydrogens is 880 g/mol. The Morgan fingerprint density at radius 3 is 2.18 bits per heavy atom. The number of benzene rings is 1. The first-order valence-corrected chi connectivity index (χ1v) is 26.3. The molecule has 1 aromatic carbocycles. The molecule has 6 aliphatic rings. The van der Waals surface area contributed by atoms with Gasteiger partial charge in [-0.1, -0.05) is 43.0 Å². The second-order valence-electron chi connectivity index (χ2n) is 21.6. The Morgan fingerprint density at radius 1 is 0.824 bits per heavy atom. The summed E-state index contributed by atoms with van der Waals surface area (Å²) in [5, 5.41) is 1.74. The van der Waals surface area contributed by atoms with Crippen LogP contribution in [-0.4, -0.2) is 171 Å². The summed E-state index contributed by atoms with van der Waals surface area (Å²) in [5.41, 5.74) is 8.83. The maximum Gasteiger partial charge on any atom is 0.598 e.